The van der Waals surface area contributed by atoms with E-state index in [-0.39, 0.29) is 0 Å². The molecule has 0 spiro atoms. The lowest BCUT2D eigenvalue weighted by Crippen LogP contribution is -1.94. The van der Waals surface area contributed by atoms with E-state index in [0.29, 0.717) is 0 Å². The number of methoxy groups -OCH3 is 1. The molecule has 6 heteroatoms. The Hall–Kier alpha value is -1.66. The smallest absolute Gasteiger partial charge is 0.189 e. The first-order valence-corrected chi connectivity index (χ1v) is 7.61. The number of pyridine rings is 1. The van der Waals surface area contributed by atoms with E-state index in [0.717, 1.165) is 37.1 Å². The molecular formula is C14H12BrN3OS. The average molecular weight is 350 g/mol. The highest BCUT2D eigenvalue weighted by Gasteiger charge is 2.06. The minimum absolute atomic E-state index is 0.789. The Kier molecular flexibility index (Phi) is 3.58. The summed E-state index contributed by atoms with van der Waals surface area (Å²) in [5, 5.41) is 4.06. The van der Waals surface area contributed by atoms with E-state index in [1.807, 2.05) is 37.3 Å². The van der Waals surface area contributed by atoms with Crippen LogP contribution in [0.25, 0.3) is 10.2 Å². The highest BCUT2D eigenvalue weighted by Crippen LogP contribution is 2.30. The fourth-order valence-electron chi connectivity index (χ4n) is 1.81. The van der Waals surface area contributed by atoms with Gasteiger partial charge in [-0.2, -0.15) is 0 Å². The number of aromatic nitrogens is 2. The van der Waals surface area contributed by atoms with Crippen LogP contribution in [0.3, 0.4) is 0 Å². The fraction of sp³-hybridized carbons (Fsp3) is 0.143. The van der Waals surface area contributed by atoms with Gasteiger partial charge in [0.05, 0.1) is 23.0 Å². The summed E-state index contributed by atoms with van der Waals surface area (Å²) in [6, 6.07) is 9.74. The van der Waals surface area contributed by atoms with Crippen LogP contribution in [0.5, 0.6) is 5.75 Å². The molecule has 0 fully saturated rings. The zero-order chi connectivity index (χ0) is 14.1. The maximum absolute atomic E-state index is 5.22. The normalized spacial score (nSPS) is 10.8. The zero-order valence-electron chi connectivity index (χ0n) is 11.0. The summed E-state index contributed by atoms with van der Waals surface area (Å²) in [4.78, 5) is 8.99. The number of benzene rings is 1. The minimum Gasteiger partial charge on any atom is -0.497 e. The van der Waals surface area contributed by atoms with Crippen molar-refractivity contribution in [3.8, 4) is 5.75 Å². The number of aryl methyl sites for hydroxylation is 1. The maximum atomic E-state index is 5.22. The molecule has 0 saturated carbocycles. The van der Waals surface area contributed by atoms with E-state index in [4.69, 9.17) is 4.74 Å². The Labute approximate surface area is 129 Å². The fourth-order valence-corrected chi connectivity index (χ4v) is 2.93. The van der Waals surface area contributed by atoms with E-state index in [9.17, 15) is 0 Å². The molecule has 102 valence electrons. The van der Waals surface area contributed by atoms with Gasteiger partial charge in [-0.05, 0) is 53.2 Å². The van der Waals surface area contributed by atoms with Gasteiger partial charge in [-0.15, -0.1) is 0 Å². The lowest BCUT2D eigenvalue weighted by molar-refractivity contribution is 0.415. The number of rotatable bonds is 3. The van der Waals surface area contributed by atoms with Crippen LogP contribution in [-0.4, -0.2) is 17.1 Å². The van der Waals surface area contributed by atoms with Crippen molar-refractivity contribution in [3.63, 3.8) is 0 Å². The van der Waals surface area contributed by atoms with Gasteiger partial charge in [-0.25, -0.2) is 9.97 Å². The molecule has 4 nitrogen and oxygen atoms in total. The quantitative estimate of drug-likeness (QED) is 0.755. The predicted octanol–water partition coefficient (Wildman–Crippen LogP) is 4.51. The lowest BCUT2D eigenvalue weighted by atomic mass is 10.3. The molecule has 0 bridgehead atoms. The third-order valence-electron chi connectivity index (χ3n) is 2.85. The molecule has 3 rings (SSSR count). The van der Waals surface area contributed by atoms with Crippen molar-refractivity contribution >= 4 is 48.4 Å². The van der Waals surface area contributed by atoms with Crippen molar-refractivity contribution in [1.82, 2.24) is 9.97 Å². The Morgan fingerprint density at radius 3 is 2.80 bits per heavy atom. The van der Waals surface area contributed by atoms with Gasteiger partial charge in [-0.1, -0.05) is 11.3 Å². The summed E-state index contributed by atoms with van der Waals surface area (Å²) in [5.41, 5.74) is 1.89. The Bertz CT molecular complexity index is 772. The average Bonchev–Trinajstić information content (AvgIpc) is 2.84. The van der Waals surface area contributed by atoms with Gasteiger partial charge in [0.25, 0.3) is 0 Å². The monoisotopic (exact) mass is 349 g/mol. The minimum atomic E-state index is 0.789. The molecule has 0 unspecified atom stereocenters. The van der Waals surface area contributed by atoms with Crippen molar-refractivity contribution < 1.29 is 4.74 Å². The van der Waals surface area contributed by atoms with Crippen molar-refractivity contribution in [2.45, 2.75) is 6.92 Å². The number of ether oxygens (including phenoxy) is 1. The second kappa shape index (κ2) is 5.38. The maximum Gasteiger partial charge on any atom is 0.189 e. The topological polar surface area (TPSA) is 47.0 Å². The molecule has 0 aliphatic carbocycles. The molecule has 20 heavy (non-hydrogen) atoms. The number of thiazole rings is 1. The van der Waals surface area contributed by atoms with Gasteiger partial charge in [-0.3, -0.25) is 0 Å². The second-order valence-corrected chi connectivity index (χ2v) is 6.13. The molecule has 1 aromatic carbocycles. The molecular weight excluding hydrogens is 338 g/mol. The summed E-state index contributed by atoms with van der Waals surface area (Å²) in [6.45, 7) is 1.96. The number of anilines is 2. The van der Waals surface area contributed by atoms with E-state index in [1.54, 1.807) is 18.4 Å². The first-order valence-electron chi connectivity index (χ1n) is 6.00. The predicted molar refractivity (Wildman–Crippen MR) is 86.1 cm³/mol. The molecule has 2 aromatic heterocycles. The summed E-state index contributed by atoms with van der Waals surface area (Å²) < 4.78 is 7.30. The van der Waals surface area contributed by atoms with E-state index in [1.165, 1.54) is 0 Å². The molecule has 2 heterocycles. The largest absolute Gasteiger partial charge is 0.497 e. The first kappa shape index (κ1) is 13.3. The highest BCUT2D eigenvalue weighted by molar-refractivity contribution is 9.10. The summed E-state index contributed by atoms with van der Waals surface area (Å²) in [6.07, 6.45) is 0. The van der Waals surface area contributed by atoms with Crippen molar-refractivity contribution in [3.05, 3.63) is 40.5 Å². The summed E-state index contributed by atoms with van der Waals surface area (Å²) in [5.74, 6) is 1.63. The van der Waals surface area contributed by atoms with Crippen LogP contribution in [0.1, 0.15) is 5.69 Å². The zero-order valence-corrected chi connectivity index (χ0v) is 13.4. The molecule has 3 aromatic rings. The van der Waals surface area contributed by atoms with Gasteiger partial charge in [0.1, 0.15) is 11.6 Å². The molecule has 0 amide bonds. The van der Waals surface area contributed by atoms with Gasteiger partial charge in [0, 0.05) is 4.47 Å². The van der Waals surface area contributed by atoms with Crippen LogP contribution in [0.4, 0.5) is 10.9 Å². The lowest BCUT2D eigenvalue weighted by Gasteiger charge is -2.03. The molecule has 0 saturated heterocycles. The number of nitrogens with one attached hydrogen (secondary N) is 1. The summed E-state index contributed by atoms with van der Waals surface area (Å²) in [7, 11) is 1.66. The van der Waals surface area contributed by atoms with E-state index >= 15 is 0 Å². The van der Waals surface area contributed by atoms with Crippen LogP contribution in [0, 0.1) is 6.92 Å². The van der Waals surface area contributed by atoms with Crippen LogP contribution in [0.15, 0.2) is 34.8 Å². The van der Waals surface area contributed by atoms with E-state index < -0.39 is 0 Å². The molecule has 1 N–H and O–H groups in total. The number of halogens is 1. The Morgan fingerprint density at radius 1 is 1.20 bits per heavy atom. The number of hydrogen-bond acceptors (Lipinski definition) is 5. The third kappa shape index (κ3) is 2.62. The van der Waals surface area contributed by atoms with Crippen LogP contribution >= 0.6 is 27.3 Å². The second-order valence-electron chi connectivity index (χ2n) is 4.24. The molecule has 0 aliphatic rings. The third-order valence-corrected chi connectivity index (χ3v) is 4.62. The van der Waals surface area contributed by atoms with E-state index in [2.05, 4.69) is 31.2 Å². The summed E-state index contributed by atoms with van der Waals surface area (Å²) >= 11 is 5.02. The highest BCUT2D eigenvalue weighted by atomic mass is 79.9. The standard InChI is InChI=1S/C14H12BrN3OS/c1-8-10(15)4-6-13(16-8)18-14-17-11-5-3-9(19-2)7-12(11)20-14/h3-7H,1-2H3,(H,16,17,18). The Balaban J connectivity index is 1.92. The molecule has 0 radical (unpaired) electrons. The van der Waals surface area contributed by atoms with Gasteiger partial charge in [0.2, 0.25) is 0 Å². The number of hydrogen-bond donors (Lipinski definition) is 1. The number of nitrogens with zero attached hydrogens (tertiary/aromatic N) is 2. The van der Waals surface area contributed by atoms with Gasteiger partial charge < -0.3 is 10.1 Å². The SMILES string of the molecule is COc1ccc2nc(Nc3ccc(Br)c(C)n3)sc2c1. The van der Waals surface area contributed by atoms with Crippen molar-refractivity contribution in [1.29, 1.82) is 0 Å². The first-order chi connectivity index (χ1) is 9.65. The number of fused-ring (bicyclic) bond motifs is 1. The van der Waals surface area contributed by atoms with Gasteiger partial charge >= 0.3 is 0 Å². The van der Waals surface area contributed by atoms with Crippen LogP contribution in [0.2, 0.25) is 0 Å². The molecule has 0 aliphatic heterocycles. The van der Waals surface area contributed by atoms with Gasteiger partial charge in [0.15, 0.2) is 5.13 Å². The van der Waals surface area contributed by atoms with Crippen molar-refractivity contribution in [2.75, 3.05) is 12.4 Å². The Morgan fingerprint density at radius 2 is 2.05 bits per heavy atom. The van der Waals surface area contributed by atoms with Crippen LogP contribution in [-0.2, 0) is 0 Å². The van der Waals surface area contributed by atoms with Crippen molar-refractivity contribution in [2.24, 2.45) is 0 Å². The molecule has 0 atom stereocenters. The van der Waals surface area contributed by atoms with Crippen LogP contribution < -0.4 is 10.1 Å².